The van der Waals surface area contributed by atoms with E-state index in [0.717, 1.165) is 39.0 Å². The number of hydrogen-bond acceptors (Lipinski definition) is 3. The molecule has 0 atom stereocenters. The lowest BCUT2D eigenvalue weighted by Crippen LogP contribution is -2.51. The molecule has 2 aliphatic heterocycles. The first kappa shape index (κ1) is 15.8. The van der Waals surface area contributed by atoms with Gasteiger partial charge in [-0.2, -0.15) is 0 Å². The summed E-state index contributed by atoms with van der Waals surface area (Å²) in [5.41, 5.74) is 0. The van der Waals surface area contributed by atoms with Crippen molar-refractivity contribution in [1.29, 1.82) is 0 Å². The molecule has 0 aromatic rings. The Kier molecular flexibility index (Phi) is 5.99. The van der Waals surface area contributed by atoms with Crippen molar-refractivity contribution >= 4 is 11.8 Å². The Bertz CT molecular complexity index is 417. The SMILES string of the molecule is C/C=C/C=C/C(=O)N1CCN(CC(=O)N2CCCC2)CC1. The lowest BCUT2D eigenvalue weighted by atomic mass is 10.3. The van der Waals surface area contributed by atoms with E-state index in [0.29, 0.717) is 19.6 Å². The molecule has 5 nitrogen and oxygen atoms in total. The second kappa shape index (κ2) is 7.98. The largest absolute Gasteiger partial charge is 0.342 e. The quantitative estimate of drug-likeness (QED) is 0.571. The number of piperazine rings is 1. The number of hydrogen-bond donors (Lipinski definition) is 0. The molecule has 2 heterocycles. The molecule has 2 fully saturated rings. The predicted octanol–water partition coefficient (Wildman–Crippen LogP) is 0.885. The van der Waals surface area contributed by atoms with Crippen LogP contribution in [0.2, 0.25) is 0 Å². The van der Waals surface area contributed by atoms with Crippen LogP contribution in [0.5, 0.6) is 0 Å². The summed E-state index contributed by atoms with van der Waals surface area (Å²) in [4.78, 5) is 30.0. The fourth-order valence-corrected chi connectivity index (χ4v) is 2.74. The van der Waals surface area contributed by atoms with Gasteiger partial charge in [-0.05, 0) is 19.8 Å². The third-order valence-corrected chi connectivity index (χ3v) is 4.04. The van der Waals surface area contributed by atoms with Crippen molar-refractivity contribution in [3.63, 3.8) is 0 Å². The highest BCUT2D eigenvalue weighted by molar-refractivity contribution is 5.88. The summed E-state index contributed by atoms with van der Waals surface area (Å²) in [6, 6.07) is 0. The third kappa shape index (κ3) is 4.70. The van der Waals surface area contributed by atoms with Crippen LogP contribution in [-0.2, 0) is 9.59 Å². The van der Waals surface area contributed by atoms with E-state index >= 15 is 0 Å². The van der Waals surface area contributed by atoms with Gasteiger partial charge in [0.25, 0.3) is 0 Å². The van der Waals surface area contributed by atoms with E-state index in [9.17, 15) is 9.59 Å². The fourth-order valence-electron chi connectivity index (χ4n) is 2.74. The highest BCUT2D eigenvalue weighted by Crippen LogP contribution is 2.09. The van der Waals surface area contributed by atoms with E-state index in [1.807, 2.05) is 28.9 Å². The molecule has 0 saturated carbocycles. The molecule has 0 aliphatic carbocycles. The average Bonchev–Trinajstić information content (AvgIpc) is 3.02. The molecule has 21 heavy (non-hydrogen) atoms. The smallest absolute Gasteiger partial charge is 0.246 e. The number of carbonyl (C=O) groups is 2. The lowest BCUT2D eigenvalue weighted by Gasteiger charge is -2.34. The molecule has 0 spiro atoms. The van der Waals surface area contributed by atoms with Crippen molar-refractivity contribution in [2.45, 2.75) is 19.8 Å². The normalized spacial score (nSPS) is 20.8. The van der Waals surface area contributed by atoms with E-state index in [1.165, 1.54) is 0 Å². The monoisotopic (exact) mass is 291 g/mol. The maximum Gasteiger partial charge on any atom is 0.246 e. The minimum Gasteiger partial charge on any atom is -0.342 e. The zero-order valence-electron chi connectivity index (χ0n) is 12.8. The number of carbonyl (C=O) groups excluding carboxylic acids is 2. The predicted molar refractivity (Wildman–Crippen MR) is 82.8 cm³/mol. The first-order valence-corrected chi connectivity index (χ1v) is 7.79. The fraction of sp³-hybridized carbons (Fsp3) is 0.625. The van der Waals surface area contributed by atoms with Gasteiger partial charge in [0.1, 0.15) is 0 Å². The molecule has 2 saturated heterocycles. The van der Waals surface area contributed by atoms with Crippen LogP contribution >= 0.6 is 0 Å². The molecule has 116 valence electrons. The van der Waals surface area contributed by atoms with Crippen LogP contribution < -0.4 is 0 Å². The first-order chi connectivity index (χ1) is 10.2. The van der Waals surface area contributed by atoms with Crippen LogP contribution in [0.15, 0.2) is 24.3 Å². The Hall–Kier alpha value is -1.62. The summed E-state index contributed by atoms with van der Waals surface area (Å²) < 4.78 is 0. The molecule has 0 aromatic carbocycles. The van der Waals surface area contributed by atoms with Gasteiger partial charge in [-0.25, -0.2) is 0 Å². The minimum atomic E-state index is 0.0543. The zero-order chi connectivity index (χ0) is 15.1. The van der Waals surface area contributed by atoms with Gasteiger partial charge in [-0.15, -0.1) is 0 Å². The summed E-state index contributed by atoms with van der Waals surface area (Å²) >= 11 is 0. The topological polar surface area (TPSA) is 43.9 Å². The number of amides is 2. The van der Waals surface area contributed by atoms with Crippen molar-refractivity contribution in [3.8, 4) is 0 Å². The summed E-state index contributed by atoms with van der Waals surface area (Å²) in [5, 5.41) is 0. The molecule has 5 heteroatoms. The van der Waals surface area contributed by atoms with Gasteiger partial charge < -0.3 is 9.80 Å². The van der Waals surface area contributed by atoms with Gasteiger partial charge in [0.2, 0.25) is 11.8 Å². The van der Waals surface area contributed by atoms with Crippen LogP contribution in [0.1, 0.15) is 19.8 Å². The summed E-state index contributed by atoms with van der Waals surface area (Å²) in [6.07, 6.45) is 9.38. The number of nitrogens with zero attached hydrogens (tertiary/aromatic N) is 3. The van der Waals surface area contributed by atoms with E-state index in [-0.39, 0.29) is 11.8 Å². The van der Waals surface area contributed by atoms with Crippen molar-refractivity contribution in [1.82, 2.24) is 14.7 Å². The van der Waals surface area contributed by atoms with E-state index in [2.05, 4.69) is 4.90 Å². The Morgan fingerprint density at radius 3 is 2.19 bits per heavy atom. The van der Waals surface area contributed by atoms with Gasteiger partial charge in [0, 0.05) is 45.3 Å². The summed E-state index contributed by atoms with van der Waals surface area (Å²) in [7, 11) is 0. The molecule has 0 N–H and O–H groups in total. The Morgan fingerprint density at radius 1 is 0.905 bits per heavy atom. The zero-order valence-corrected chi connectivity index (χ0v) is 12.8. The van der Waals surface area contributed by atoms with Crippen LogP contribution in [0.3, 0.4) is 0 Å². The molecule has 0 radical (unpaired) electrons. The van der Waals surface area contributed by atoms with Crippen LogP contribution in [0.25, 0.3) is 0 Å². The molecular weight excluding hydrogens is 266 g/mol. The summed E-state index contributed by atoms with van der Waals surface area (Å²) in [5.74, 6) is 0.291. The van der Waals surface area contributed by atoms with Gasteiger partial charge in [0.15, 0.2) is 0 Å². The minimum absolute atomic E-state index is 0.0543. The lowest BCUT2D eigenvalue weighted by molar-refractivity contribution is -0.132. The van der Waals surface area contributed by atoms with Crippen molar-refractivity contribution in [2.24, 2.45) is 0 Å². The molecule has 2 amide bonds. The van der Waals surface area contributed by atoms with Crippen LogP contribution in [0, 0.1) is 0 Å². The molecule has 0 unspecified atom stereocenters. The number of rotatable bonds is 4. The maximum absolute atomic E-state index is 12.1. The Morgan fingerprint density at radius 2 is 1.57 bits per heavy atom. The molecule has 0 bridgehead atoms. The van der Waals surface area contributed by atoms with Crippen LogP contribution in [-0.4, -0.2) is 72.3 Å². The van der Waals surface area contributed by atoms with Gasteiger partial charge in [-0.1, -0.05) is 18.2 Å². The molecule has 0 aromatic heterocycles. The number of allylic oxidation sites excluding steroid dienone is 3. The highest BCUT2D eigenvalue weighted by Gasteiger charge is 2.24. The van der Waals surface area contributed by atoms with E-state index in [1.54, 1.807) is 12.2 Å². The van der Waals surface area contributed by atoms with E-state index in [4.69, 9.17) is 0 Å². The van der Waals surface area contributed by atoms with Gasteiger partial charge in [-0.3, -0.25) is 14.5 Å². The molecule has 2 aliphatic rings. The second-order valence-corrected chi connectivity index (χ2v) is 5.57. The van der Waals surface area contributed by atoms with Crippen molar-refractivity contribution in [3.05, 3.63) is 24.3 Å². The van der Waals surface area contributed by atoms with Crippen LogP contribution in [0.4, 0.5) is 0 Å². The molecular formula is C16H25N3O2. The Labute approximate surface area is 126 Å². The second-order valence-electron chi connectivity index (χ2n) is 5.57. The summed E-state index contributed by atoms with van der Waals surface area (Å²) in [6.45, 7) is 7.20. The van der Waals surface area contributed by atoms with Crippen molar-refractivity contribution < 1.29 is 9.59 Å². The van der Waals surface area contributed by atoms with Gasteiger partial charge in [0.05, 0.1) is 6.54 Å². The van der Waals surface area contributed by atoms with Gasteiger partial charge >= 0.3 is 0 Å². The standard InChI is InChI=1S/C16H25N3O2/c1-2-3-4-7-15(20)19-12-10-17(11-13-19)14-16(21)18-8-5-6-9-18/h2-4,7H,5-6,8-14H2,1H3/b3-2+,7-4+. The average molecular weight is 291 g/mol. The van der Waals surface area contributed by atoms with E-state index < -0.39 is 0 Å². The first-order valence-electron chi connectivity index (χ1n) is 7.79. The Balaban J connectivity index is 1.72. The maximum atomic E-state index is 12.1. The molecule has 2 rings (SSSR count). The third-order valence-electron chi connectivity index (χ3n) is 4.04. The van der Waals surface area contributed by atoms with Crippen molar-refractivity contribution in [2.75, 3.05) is 45.8 Å². The highest BCUT2D eigenvalue weighted by atomic mass is 16.2. The number of likely N-dealkylation sites (tertiary alicyclic amines) is 1.